The number of nitrogens with one attached hydrogen (secondary N) is 1. The lowest BCUT2D eigenvalue weighted by Gasteiger charge is -2.08. The van der Waals surface area contributed by atoms with Crippen LogP contribution in [0.5, 0.6) is 11.5 Å². The molecule has 0 saturated carbocycles. The van der Waals surface area contributed by atoms with E-state index in [0.29, 0.717) is 17.1 Å². The normalized spacial score (nSPS) is 9.57. The molecule has 0 atom stereocenters. The molecule has 0 aromatic heterocycles. The zero-order valence-corrected chi connectivity index (χ0v) is 8.16. The molecule has 0 aliphatic heterocycles. The van der Waals surface area contributed by atoms with Gasteiger partial charge in [0.15, 0.2) is 0 Å². The second-order valence-electron chi connectivity index (χ2n) is 2.78. The predicted molar refractivity (Wildman–Crippen MR) is 51.4 cm³/mol. The molecule has 0 aliphatic rings. The van der Waals surface area contributed by atoms with Crippen molar-refractivity contribution in [3.63, 3.8) is 0 Å². The number of hydrogen-bond donors (Lipinski definition) is 0. The molecule has 0 aliphatic carbocycles. The number of benzene rings is 1. The van der Waals surface area contributed by atoms with Gasteiger partial charge in [-0.05, 0) is 6.07 Å². The highest BCUT2D eigenvalue weighted by atomic mass is 16.5. The summed E-state index contributed by atoms with van der Waals surface area (Å²) in [5.41, 5.74) is 7.56. The summed E-state index contributed by atoms with van der Waals surface area (Å²) in [6.45, 7) is 0. The molecule has 0 bridgehead atoms. The molecule has 1 aromatic rings. The summed E-state index contributed by atoms with van der Waals surface area (Å²) >= 11 is 0. The number of carbonyl (C=O) groups is 1. The minimum Gasteiger partial charge on any atom is -0.497 e. The van der Waals surface area contributed by atoms with Gasteiger partial charge in [-0.1, -0.05) is 6.07 Å². The Morgan fingerprint density at radius 3 is 2.57 bits per heavy atom. The quantitative estimate of drug-likeness (QED) is 0.719. The van der Waals surface area contributed by atoms with Gasteiger partial charge in [0.25, 0.3) is 0 Å². The molecule has 14 heavy (non-hydrogen) atoms. The van der Waals surface area contributed by atoms with Crippen molar-refractivity contribution in [2.45, 2.75) is 6.42 Å². The fourth-order valence-corrected chi connectivity index (χ4v) is 1.17. The second-order valence-corrected chi connectivity index (χ2v) is 2.78. The standard InChI is InChI=1S/C10H12NO3/c1-13-8-4-3-7(5-10(11)12)9(6-8)14-2/h3-4,6,11H,5H2,1-2H3. The van der Waals surface area contributed by atoms with E-state index in [1.807, 2.05) is 0 Å². The minimum atomic E-state index is -0.631. The molecule has 1 rings (SSSR count). The summed E-state index contributed by atoms with van der Waals surface area (Å²) in [5, 5.41) is 0. The van der Waals surface area contributed by atoms with Crippen molar-refractivity contribution in [2.24, 2.45) is 0 Å². The van der Waals surface area contributed by atoms with Crippen LogP contribution < -0.4 is 15.2 Å². The zero-order valence-electron chi connectivity index (χ0n) is 8.16. The van der Waals surface area contributed by atoms with Gasteiger partial charge in [0.05, 0.1) is 20.6 Å². The van der Waals surface area contributed by atoms with Crippen molar-refractivity contribution < 1.29 is 14.3 Å². The van der Waals surface area contributed by atoms with Crippen LogP contribution in [-0.4, -0.2) is 20.1 Å². The van der Waals surface area contributed by atoms with Gasteiger partial charge in [-0.3, -0.25) is 10.5 Å². The van der Waals surface area contributed by atoms with Crippen LogP contribution in [-0.2, 0) is 11.2 Å². The van der Waals surface area contributed by atoms with Crippen LogP contribution in [0, 0.1) is 0 Å². The van der Waals surface area contributed by atoms with Crippen molar-refractivity contribution in [2.75, 3.05) is 14.2 Å². The molecule has 1 radical (unpaired) electrons. The van der Waals surface area contributed by atoms with Gasteiger partial charge >= 0.3 is 0 Å². The third kappa shape index (κ3) is 2.39. The fourth-order valence-electron chi connectivity index (χ4n) is 1.17. The smallest absolute Gasteiger partial charge is 0.242 e. The Morgan fingerprint density at radius 1 is 1.36 bits per heavy atom. The summed E-state index contributed by atoms with van der Waals surface area (Å²) in [6, 6.07) is 5.16. The van der Waals surface area contributed by atoms with Gasteiger partial charge in [-0.15, -0.1) is 0 Å². The molecule has 1 N–H and O–H groups in total. The van der Waals surface area contributed by atoms with E-state index < -0.39 is 5.91 Å². The first kappa shape index (κ1) is 10.4. The number of methoxy groups -OCH3 is 2. The maximum atomic E-state index is 10.6. The van der Waals surface area contributed by atoms with E-state index in [1.54, 1.807) is 25.3 Å². The zero-order chi connectivity index (χ0) is 10.6. The van der Waals surface area contributed by atoms with E-state index in [-0.39, 0.29) is 6.42 Å². The lowest BCUT2D eigenvalue weighted by atomic mass is 10.1. The van der Waals surface area contributed by atoms with Crippen LogP contribution >= 0.6 is 0 Å². The van der Waals surface area contributed by atoms with Gasteiger partial charge in [-0.2, -0.15) is 0 Å². The Labute approximate surface area is 82.6 Å². The number of ether oxygens (including phenoxy) is 2. The van der Waals surface area contributed by atoms with Crippen molar-refractivity contribution in [3.05, 3.63) is 23.8 Å². The highest BCUT2D eigenvalue weighted by Crippen LogP contribution is 2.24. The van der Waals surface area contributed by atoms with Crippen LogP contribution in [0.3, 0.4) is 0 Å². The second kappa shape index (κ2) is 4.50. The summed E-state index contributed by atoms with van der Waals surface area (Å²) in [5.74, 6) is 0.612. The lowest BCUT2D eigenvalue weighted by Crippen LogP contribution is -2.04. The Bertz CT molecular complexity index is 336. The monoisotopic (exact) mass is 194 g/mol. The summed E-state index contributed by atoms with van der Waals surface area (Å²) < 4.78 is 10.1. The summed E-state index contributed by atoms with van der Waals surface area (Å²) in [7, 11) is 3.08. The maximum Gasteiger partial charge on any atom is 0.242 e. The first-order valence-electron chi connectivity index (χ1n) is 4.12. The molecule has 4 heteroatoms. The molecule has 75 valence electrons. The molecular formula is C10H12NO3. The maximum absolute atomic E-state index is 10.6. The van der Waals surface area contributed by atoms with Crippen LogP contribution in [0.2, 0.25) is 0 Å². The largest absolute Gasteiger partial charge is 0.497 e. The fraction of sp³-hybridized carbons (Fsp3) is 0.300. The average Bonchev–Trinajstić information content (AvgIpc) is 2.17. The Morgan fingerprint density at radius 2 is 2.07 bits per heavy atom. The molecule has 4 nitrogen and oxygen atoms in total. The molecular weight excluding hydrogens is 182 g/mol. The Hall–Kier alpha value is -1.71. The van der Waals surface area contributed by atoms with Crippen LogP contribution in [0.4, 0.5) is 0 Å². The van der Waals surface area contributed by atoms with E-state index in [1.165, 1.54) is 7.11 Å². The minimum absolute atomic E-state index is 0.0627. The van der Waals surface area contributed by atoms with Crippen molar-refractivity contribution in [1.82, 2.24) is 5.73 Å². The van der Waals surface area contributed by atoms with Crippen LogP contribution in [0.25, 0.3) is 0 Å². The number of rotatable bonds is 4. The van der Waals surface area contributed by atoms with Crippen molar-refractivity contribution in [3.8, 4) is 11.5 Å². The van der Waals surface area contributed by atoms with E-state index >= 15 is 0 Å². The molecule has 0 unspecified atom stereocenters. The number of amides is 1. The topological polar surface area (TPSA) is 59.3 Å². The first-order chi connectivity index (χ1) is 6.67. The van der Waals surface area contributed by atoms with E-state index in [0.717, 1.165) is 0 Å². The predicted octanol–water partition coefficient (Wildman–Crippen LogP) is 1.06. The average molecular weight is 194 g/mol. The third-order valence-electron chi connectivity index (χ3n) is 1.85. The lowest BCUT2D eigenvalue weighted by molar-refractivity contribution is -0.118. The highest BCUT2D eigenvalue weighted by Gasteiger charge is 2.07. The first-order valence-corrected chi connectivity index (χ1v) is 4.12. The molecule has 0 fully saturated rings. The molecule has 1 amide bonds. The molecule has 0 saturated heterocycles. The van der Waals surface area contributed by atoms with E-state index in [4.69, 9.17) is 15.2 Å². The number of hydrogen-bond acceptors (Lipinski definition) is 3. The van der Waals surface area contributed by atoms with E-state index in [2.05, 4.69) is 0 Å². The van der Waals surface area contributed by atoms with Crippen LogP contribution in [0.15, 0.2) is 18.2 Å². The number of carbonyl (C=O) groups excluding carboxylic acids is 1. The summed E-state index contributed by atoms with van der Waals surface area (Å²) in [4.78, 5) is 10.6. The van der Waals surface area contributed by atoms with Crippen molar-refractivity contribution in [1.29, 1.82) is 0 Å². The van der Waals surface area contributed by atoms with Gasteiger partial charge < -0.3 is 9.47 Å². The van der Waals surface area contributed by atoms with E-state index in [9.17, 15) is 4.79 Å². The van der Waals surface area contributed by atoms with Gasteiger partial charge in [0, 0.05) is 11.6 Å². The third-order valence-corrected chi connectivity index (χ3v) is 1.85. The molecule has 0 heterocycles. The Balaban J connectivity index is 2.98. The van der Waals surface area contributed by atoms with Crippen molar-refractivity contribution >= 4 is 5.91 Å². The van der Waals surface area contributed by atoms with Crippen LogP contribution in [0.1, 0.15) is 5.56 Å². The van der Waals surface area contributed by atoms with Gasteiger partial charge in [-0.25, -0.2) is 0 Å². The highest BCUT2D eigenvalue weighted by molar-refractivity contribution is 5.76. The Kier molecular flexibility index (Phi) is 3.34. The molecule has 1 aromatic carbocycles. The van der Waals surface area contributed by atoms with Gasteiger partial charge in [0.1, 0.15) is 11.5 Å². The van der Waals surface area contributed by atoms with Gasteiger partial charge in [0.2, 0.25) is 5.91 Å². The summed E-state index contributed by atoms with van der Waals surface area (Å²) in [6.07, 6.45) is 0.0627. The SMILES string of the molecule is COc1ccc(CC([NH])=O)c(OC)c1. The molecule has 0 spiro atoms.